The summed E-state index contributed by atoms with van der Waals surface area (Å²) in [5.41, 5.74) is 6.40. The van der Waals surface area contributed by atoms with Crippen LogP contribution in [0.3, 0.4) is 0 Å². The van der Waals surface area contributed by atoms with Crippen LogP contribution in [-0.2, 0) is 12.3 Å². The third kappa shape index (κ3) is 2.70. The second-order valence-corrected chi connectivity index (χ2v) is 4.60. The first kappa shape index (κ1) is 12.2. The van der Waals surface area contributed by atoms with E-state index in [2.05, 4.69) is 56.3 Å². The van der Waals surface area contributed by atoms with Crippen molar-refractivity contribution in [2.45, 2.75) is 26.1 Å². The van der Waals surface area contributed by atoms with Crippen LogP contribution in [0.2, 0.25) is 0 Å². The van der Waals surface area contributed by atoms with Gasteiger partial charge in [-0.25, -0.2) is 0 Å². The molecule has 0 aliphatic rings. The van der Waals surface area contributed by atoms with Gasteiger partial charge in [-0.05, 0) is 47.2 Å². The molecule has 0 aromatic heterocycles. The fourth-order valence-corrected chi connectivity index (χ4v) is 2.15. The second-order valence-electron chi connectivity index (χ2n) is 4.33. The number of aryl methyl sites for hydroxylation is 2. The summed E-state index contributed by atoms with van der Waals surface area (Å²) < 4.78 is 0. The highest BCUT2D eigenvalue weighted by atomic mass is 35.5. The zero-order valence-electron chi connectivity index (χ0n) is 10.3. The standard InChI is InChI=1S/C16H17Cl/c1-3-13-6-8-15(9-7-13)16-10-14(11-17)5-4-12(16)2/h4-10H,3,11H2,1-2H3. The smallest absolute Gasteiger partial charge is 0.0474 e. The van der Waals surface area contributed by atoms with Gasteiger partial charge in [0.15, 0.2) is 0 Å². The van der Waals surface area contributed by atoms with Gasteiger partial charge in [-0.3, -0.25) is 0 Å². The lowest BCUT2D eigenvalue weighted by Crippen LogP contribution is -1.87. The lowest BCUT2D eigenvalue weighted by Gasteiger charge is -2.08. The molecule has 0 atom stereocenters. The van der Waals surface area contributed by atoms with E-state index in [9.17, 15) is 0 Å². The fraction of sp³-hybridized carbons (Fsp3) is 0.250. The molecule has 0 unspecified atom stereocenters. The number of hydrogen-bond acceptors (Lipinski definition) is 0. The first-order chi connectivity index (χ1) is 8.24. The van der Waals surface area contributed by atoms with Crippen molar-refractivity contribution in [3.63, 3.8) is 0 Å². The number of rotatable bonds is 3. The molecule has 2 aromatic carbocycles. The average Bonchev–Trinajstić information content (AvgIpc) is 2.39. The Kier molecular flexibility index (Phi) is 3.86. The molecule has 0 saturated heterocycles. The van der Waals surface area contributed by atoms with Gasteiger partial charge in [0.2, 0.25) is 0 Å². The van der Waals surface area contributed by atoms with E-state index in [1.165, 1.54) is 27.8 Å². The summed E-state index contributed by atoms with van der Waals surface area (Å²) in [7, 11) is 0. The minimum atomic E-state index is 0.570. The molecule has 0 aliphatic heterocycles. The van der Waals surface area contributed by atoms with E-state index >= 15 is 0 Å². The van der Waals surface area contributed by atoms with Crippen LogP contribution in [-0.4, -0.2) is 0 Å². The van der Waals surface area contributed by atoms with Crippen molar-refractivity contribution in [2.75, 3.05) is 0 Å². The Labute approximate surface area is 108 Å². The third-order valence-corrected chi connectivity index (χ3v) is 3.44. The van der Waals surface area contributed by atoms with Gasteiger partial charge in [-0.15, -0.1) is 11.6 Å². The highest BCUT2D eigenvalue weighted by molar-refractivity contribution is 6.17. The minimum Gasteiger partial charge on any atom is -0.122 e. The van der Waals surface area contributed by atoms with Gasteiger partial charge in [0.05, 0.1) is 0 Å². The number of alkyl halides is 1. The van der Waals surface area contributed by atoms with Crippen molar-refractivity contribution in [1.82, 2.24) is 0 Å². The lowest BCUT2D eigenvalue weighted by molar-refractivity contribution is 1.14. The molecule has 0 aliphatic carbocycles. The van der Waals surface area contributed by atoms with Crippen LogP contribution in [0.5, 0.6) is 0 Å². The molecule has 0 bridgehead atoms. The molecule has 1 heteroatoms. The summed E-state index contributed by atoms with van der Waals surface area (Å²) in [5.74, 6) is 0.570. The molecule has 0 fully saturated rings. The molecule has 0 radical (unpaired) electrons. The fourth-order valence-electron chi connectivity index (χ4n) is 1.98. The molecule has 0 saturated carbocycles. The molecule has 0 spiro atoms. The molecular weight excluding hydrogens is 228 g/mol. The molecule has 2 aromatic rings. The van der Waals surface area contributed by atoms with E-state index in [0.29, 0.717) is 5.88 Å². The molecule has 17 heavy (non-hydrogen) atoms. The number of benzene rings is 2. The van der Waals surface area contributed by atoms with Crippen molar-refractivity contribution in [3.05, 3.63) is 59.2 Å². The predicted octanol–water partition coefficient (Wildman–Crippen LogP) is 4.96. The van der Waals surface area contributed by atoms with E-state index in [1.54, 1.807) is 0 Å². The molecule has 88 valence electrons. The van der Waals surface area contributed by atoms with Crippen LogP contribution in [0.1, 0.15) is 23.6 Å². The first-order valence-corrected chi connectivity index (χ1v) is 6.53. The Morgan fingerprint density at radius 1 is 0.941 bits per heavy atom. The van der Waals surface area contributed by atoms with Crippen LogP contribution >= 0.6 is 11.6 Å². The van der Waals surface area contributed by atoms with E-state index < -0.39 is 0 Å². The quantitative estimate of drug-likeness (QED) is 0.670. The first-order valence-electron chi connectivity index (χ1n) is 5.99. The summed E-state index contributed by atoms with van der Waals surface area (Å²) in [5, 5.41) is 0. The summed E-state index contributed by atoms with van der Waals surface area (Å²) in [4.78, 5) is 0. The summed E-state index contributed by atoms with van der Waals surface area (Å²) >= 11 is 5.89. The number of hydrogen-bond donors (Lipinski definition) is 0. The summed E-state index contributed by atoms with van der Waals surface area (Å²) in [6.45, 7) is 4.31. The van der Waals surface area contributed by atoms with E-state index in [1.807, 2.05) is 0 Å². The normalized spacial score (nSPS) is 10.5. The Balaban J connectivity index is 2.43. The lowest BCUT2D eigenvalue weighted by atomic mass is 9.97. The summed E-state index contributed by atoms with van der Waals surface area (Å²) in [6, 6.07) is 15.2. The van der Waals surface area contributed by atoms with Gasteiger partial charge in [-0.2, -0.15) is 0 Å². The Hall–Kier alpha value is -1.27. The van der Waals surface area contributed by atoms with Crippen molar-refractivity contribution < 1.29 is 0 Å². The van der Waals surface area contributed by atoms with Gasteiger partial charge in [0.1, 0.15) is 0 Å². The Morgan fingerprint density at radius 3 is 2.18 bits per heavy atom. The monoisotopic (exact) mass is 244 g/mol. The molecule has 2 rings (SSSR count). The van der Waals surface area contributed by atoms with Crippen molar-refractivity contribution in [1.29, 1.82) is 0 Å². The maximum atomic E-state index is 5.89. The van der Waals surface area contributed by atoms with Gasteiger partial charge < -0.3 is 0 Å². The minimum absolute atomic E-state index is 0.570. The van der Waals surface area contributed by atoms with Gasteiger partial charge in [0, 0.05) is 5.88 Å². The van der Waals surface area contributed by atoms with Gasteiger partial charge in [-0.1, -0.05) is 43.3 Å². The topological polar surface area (TPSA) is 0 Å². The van der Waals surface area contributed by atoms with Crippen LogP contribution in [0.25, 0.3) is 11.1 Å². The molecule has 0 heterocycles. The second kappa shape index (κ2) is 5.37. The van der Waals surface area contributed by atoms with Crippen LogP contribution < -0.4 is 0 Å². The van der Waals surface area contributed by atoms with Crippen LogP contribution in [0, 0.1) is 6.92 Å². The molecule has 0 nitrogen and oxygen atoms in total. The van der Waals surface area contributed by atoms with E-state index in [-0.39, 0.29) is 0 Å². The molecule has 0 amide bonds. The predicted molar refractivity (Wildman–Crippen MR) is 75.6 cm³/mol. The zero-order valence-corrected chi connectivity index (χ0v) is 11.1. The number of halogens is 1. The van der Waals surface area contributed by atoms with Crippen molar-refractivity contribution in [3.8, 4) is 11.1 Å². The maximum Gasteiger partial charge on any atom is 0.0474 e. The molecule has 0 N–H and O–H groups in total. The average molecular weight is 245 g/mol. The highest BCUT2D eigenvalue weighted by Gasteiger charge is 2.03. The Morgan fingerprint density at radius 2 is 1.59 bits per heavy atom. The zero-order chi connectivity index (χ0) is 12.3. The SMILES string of the molecule is CCc1ccc(-c2cc(CCl)ccc2C)cc1. The van der Waals surface area contributed by atoms with Crippen molar-refractivity contribution in [2.24, 2.45) is 0 Å². The maximum absolute atomic E-state index is 5.89. The van der Waals surface area contributed by atoms with Crippen LogP contribution in [0.15, 0.2) is 42.5 Å². The third-order valence-electron chi connectivity index (χ3n) is 3.13. The largest absolute Gasteiger partial charge is 0.122 e. The van der Waals surface area contributed by atoms with Crippen molar-refractivity contribution >= 4 is 11.6 Å². The van der Waals surface area contributed by atoms with E-state index in [0.717, 1.165) is 6.42 Å². The van der Waals surface area contributed by atoms with Gasteiger partial charge in [0.25, 0.3) is 0 Å². The molecular formula is C16H17Cl. The van der Waals surface area contributed by atoms with E-state index in [4.69, 9.17) is 11.6 Å². The van der Waals surface area contributed by atoms with Gasteiger partial charge >= 0.3 is 0 Å². The summed E-state index contributed by atoms with van der Waals surface area (Å²) in [6.07, 6.45) is 1.08. The highest BCUT2D eigenvalue weighted by Crippen LogP contribution is 2.25. The Bertz CT molecular complexity index is 497. The van der Waals surface area contributed by atoms with Crippen LogP contribution in [0.4, 0.5) is 0 Å².